The van der Waals surface area contributed by atoms with Crippen molar-refractivity contribution in [2.45, 2.75) is 47.6 Å². The molecule has 2 aromatic heterocycles. The van der Waals surface area contributed by atoms with Gasteiger partial charge in [-0.3, -0.25) is 9.59 Å². The molecule has 0 saturated carbocycles. The third-order valence-electron chi connectivity index (χ3n) is 6.58. The normalized spacial score (nSPS) is 11.1. The smallest absolute Gasteiger partial charge is 0.341 e. The lowest BCUT2D eigenvalue weighted by Crippen LogP contribution is -2.30. The van der Waals surface area contributed by atoms with Gasteiger partial charge in [0.15, 0.2) is 0 Å². The molecule has 0 fully saturated rings. The van der Waals surface area contributed by atoms with E-state index in [1.807, 2.05) is 75.4 Å². The average molecular weight is 544 g/mol. The van der Waals surface area contributed by atoms with Crippen molar-refractivity contribution in [1.29, 1.82) is 0 Å². The van der Waals surface area contributed by atoms with Gasteiger partial charge in [0.05, 0.1) is 33.3 Å². The Labute approximate surface area is 232 Å². The number of esters is 1. The predicted molar refractivity (Wildman–Crippen MR) is 157 cm³/mol. The van der Waals surface area contributed by atoms with Crippen molar-refractivity contribution in [2.75, 3.05) is 18.4 Å². The molecule has 39 heavy (non-hydrogen) atoms. The maximum Gasteiger partial charge on any atom is 0.341 e. The fourth-order valence-corrected chi connectivity index (χ4v) is 5.78. The molecule has 2 heterocycles. The third-order valence-corrected chi connectivity index (χ3v) is 7.77. The van der Waals surface area contributed by atoms with Gasteiger partial charge in [0.1, 0.15) is 5.00 Å². The van der Waals surface area contributed by atoms with Crippen LogP contribution in [0, 0.1) is 13.8 Å². The van der Waals surface area contributed by atoms with Crippen molar-refractivity contribution in [3.05, 3.63) is 81.7 Å². The molecule has 2 amide bonds. The van der Waals surface area contributed by atoms with E-state index >= 15 is 0 Å². The number of fused-ring (bicyclic) bond motifs is 1. The lowest BCUT2D eigenvalue weighted by Gasteiger charge is -2.18. The van der Waals surface area contributed by atoms with Crippen LogP contribution in [-0.4, -0.2) is 46.9 Å². The van der Waals surface area contributed by atoms with Crippen LogP contribution in [-0.2, 0) is 4.74 Å². The van der Waals surface area contributed by atoms with Crippen LogP contribution in [0.4, 0.5) is 5.00 Å². The topological polar surface area (TPSA) is 88.6 Å². The highest BCUT2D eigenvalue weighted by Crippen LogP contribution is 2.36. The van der Waals surface area contributed by atoms with Crippen LogP contribution in [0.1, 0.15) is 69.2 Å². The van der Waals surface area contributed by atoms with Gasteiger partial charge in [0, 0.05) is 24.0 Å². The molecular formula is C31H33N3O4S. The Hall–Kier alpha value is -4.04. The van der Waals surface area contributed by atoms with E-state index in [0.29, 0.717) is 50.7 Å². The number of benzene rings is 2. The summed E-state index contributed by atoms with van der Waals surface area (Å²) in [4.78, 5) is 47.4. The second kappa shape index (κ2) is 11.8. The largest absolute Gasteiger partial charge is 0.459 e. The van der Waals surface area contributed by atoms with Crippen LogP contribution in [0.5, 0.6) is 0 Å². The highest BCUT2D eigenvalue weighted by molar-refractivity contribution is 7.18. The summed E-state index contributed by atoms with van der Waals surface area (Å²) >= 11 is 1.10. The zero-order valence-electron chi connectivity index (χ0n) is 23.1. The Morgan fingerprint density at radius 1 is 0.923 bits per heavy atom. The monoisotopic (exact) mass is 543 g/mol. The maximum absolute atomic E-state index is 14.0. The van der Waals surface area contributed by atoms with Crippen molar-refractivity contribution in [3.8, 4) is 11.3 Å². The number of rotatable bonds is 8. The Morgan fingerprint density at radius 3 is 2.21 bits per heavy atom. The number of hydrogen-bond acceptors (Lipinski definition) is 6. The molecule has 0 spiro atoms. The summed E-state index contributed by atoms with van der Waals surface area (Å²) < 4.78 is 5.50. The SMILES string of the molecule is CCN(CC)C(=O)c1sc(NC(=O)c2c(C)c(-c3ccccc3)nc3ccccc23)c(C(=O)OC(C)C)c1C. The Kier molecular flexibility index (Phi) is 8.45. The summed E-state index contributed by atoms with van der Waals surface area (Å²) in [6, 6.07) is 17.2. The van der Waals surface area contributed by atoms with Crippen molar-refractivity contribution in [3.63, 3.8) is 0 Å². The van der Waals surface area contributed by atoms with Crippen molar-refractivity contribution < 1.29 is 19.1 Å². The Balaban J connectivity index is 1.85. The van der Waals surface area contributed by atoms with Crippen LogP contribution >= 0.6 is 11.3 Å². The fraction of sp³-hybridized carbons (Fsp3) is 0.290. The highest BCUT2D eigenvalue weighted by Gasteiger charge is 2.30. The van der Waals surface area contributed by atoms with Gasteiger partial charge in [-0.2, -0.15) is 0 Å². The van der Waals surface area contributed by atoms with Crippen LogP contribution in [0.25, 0.3) is 22.2 Å². The lowest BCUT2D eigenvalue weighted by atomic mass is 9.97. The molecule has 0 aliphatic carbocycles. The van der Waals surface area contributed by atoms with Gasteiger partial charge in [0.25, 0.3) is 11.8 Å². The average Bonchev–Trinajstić information content (AvgIpc) is 3.24. The van der Waals surface area contributed by atoms with E-state index in [1.54, 1.807) is 25.7 Å². The first-order chi connectivity index (χ1) is 18.7. The molecule has 0 atom stereocenters. The van der Waals surface area contributed by atoms with Gasteiger partial charge in [-0.1, -0.05) is 48.5 Å². The van der Waals surface area contributed by atoms with E-state index in [0.717, 1.165) is 22.5 Å². The van der Waals surface area contributed by atoms with E-state index < -0.39 is 5.97 Å². The first kappa shape index (κ1) is 28.0. The molecule has 4 rings (SSSR count). The predicted octanol–water partition coefficient (Wildman–Crippen LogP) is 6.88. The van der Waals surface area contributed by atoms with Crippen molar-refractivity contribution in [1.82, 2.24) is 9.88 Å². The summed E-state index contributed by atoms with van der Waals surface area (Å²) in [7, 11) is 0. The quantitative estimate of drug-likeness (QED) is 0.245. The van der Waals surface area contributed by atoms with Gasteiger partial charge in [0.2, 0.25) is 0 Å². The number of amides is 2. The van der Waals surface area contributed by atoms with E-state index in [1.165, 1.54) is 0 Å². The number of nitrogens with one attached hydrogen (secondary N) is 1. The van der Waals surface area contributed by atoms with E-state index in [-0.39, 0.29) is 23.5 Å². The molecule has 0 unspecified atom stereocenters. The summed E-state index contributed by atoms with van der Waals surface area (Å²) in [5.74, 6) is -1.14. The van der Waals surface area contributed by atoms with Gasteiger partial charge < -0.3 is 15.0 Å². The molecule has 0 radical (unpaired) electrons. The standard InChI is InChI=1S/C31H33N3O4S/c1-7-34(8-2)30(36)27-20(6)25(31(37)38-18(3)4)29(39-27)33-28(35)24-19(5)26(21-14-10-9-11-15-21)32-23-17-13-12-16-22(23)24/h9-18H,7-8H2,1-6H3,(H,33,35). The molecule has 8 heteroatoms. The number of carbonyl (C=O) groups is 3. The van der Waals surface area contributed by atoms with Gasteiger partial charge >= 0.3 is 5.97 Å². The molecule has 0 bridgehead atoms. The number of nitrogens with zero attached hydrogens (tertiary/aromatic N) is 2. The highest BCUT2D eigenvalue weighted by atomic mass is 32.1. The minimum atomic E-state index is -0.575. The van der Waals surface area contributed by atoms with Crippen LogP contribution < -0.4 is 5.32 Å². The van der Waals surface area contributed by atoms with Crippen molar-refractivity contribution >= 4 is 45.0 Å². The number of pyridine rings is 1. The summed E-state index contributed by atoms with van der Waals surface area (Å²) in [6.45, 7) is 12.0. The first-order valence-corrected chi connectivity index (χ1v) is 13.9. The van der Waals surface area contributed by atoms with E-state index in [4.69, 9.17) is 9.72 Å². The van der Waals surface area contributed by atoms with Crippen LogP contribution in [0.3, 0.4) is 0 Å². The second-order valence-electron chi connectivity index (χ2n) is 9.49. The molecule has 0 aliphatic heterocycles. The Morgan fingerprint density at radius 2 is 1.56 bits per heavy atom. The van der Waals surface area contributed by atoms with E-state index in [9.17, 15) is 14.4 Å². The number of anilines is 1. The van der Waals surface area contributed by atoms with Gasteiger partial charge in [-0.15, -0.1) is 11.3 Å². The number of carbonyl (C=O) groups excluding carboxylic acids is 3. The molecule has 2 aromatic carbocycles. The molecule has 202 valence electrons. The minimum Gasteiger partial charge on any atom is -0.459 e. The summed E-state index contributed by atoms with van der Waals surface area (Å²) in [5, 5.41) is 3.96. The fourth-order valence-electron chi connectivity index (χ4n) is 4.62. The van der Waals surface area contributed by atoms with Crippen LogP contribution in [0.2, 0.25) is 0 Å². The molecule has 1 N–H and O–H groups in total. The third kappa shape index (κ3) is 5.56. The zero-order chi connectivity index (χ0) is 28.3. The molecule has 4 aromatic rings. The second-order valence-corrected chi connectivity index (χ2v) is 10.5. The van der Waals surface area contributed by atoms with Crippen molar-refractivity contribution in [2.24, 2.45) is 0 Å². The van der Waals surface area contributed by atoms with Crippen LogP contribution in [0.15, 0.2) is 54.6 Å². The molecular weight excluding hydrogens is 510 g/mol. The summed E-state index contributed by atoms with van der Waals surface area (Å²) in [6.07, 6.45) is -0.359. The molecule has 7 nitrogen and oxygen atoms in total. The first-order valence-electron chi connectivity index (χ1n) is 13.1. The number of ether oxygens (including phenoxy) is 1. The number of aromatic nitrogens is 1. The zero-order valence-corrected chi connectivity index (χ0v) is 23.9. The maximum atomic E-state index is 14.0. The Bertz CT molecular complexity index is 1540. The minimum absolute atomic E-state index is 0.182. The number of hydrogen-bond donors (Lipinski definition) is 1. The van der Waals surface area contributed by atoms with E-state index in [2.05, 4.69) is 5.32 Å². The summed E-state index contributed by atoms with van der Waals surface area (Å²) in [5.41, 5.74) is 4.18. The number of para-hydroxylation sites is 1. The molecule has 0 saturated heterocycles. The van der Waals surface area contributed by atoms with Gasteiger partial charge in [-0.05, 0) is 58.7 Å². The number of thiophene rings is 1. The lowest BCUT2D eigenvalue weighted by molar-refractivity contribution is 0.0379. The van der Waals surface area contributed by atoms with Gasteiger partial charge in [-0.25, -0.2) is 9.78 Å². The molecule has 0 aliphatic rings.